The first-order chi connectivity index (χ1) is 9.56. The van der Waals surface area contributed by atoms with Gasteiger partial charge >= 0.3 is 0 Å². The SMILES string of the molecule is CC(C)N(Cc1cccs1)C(=O)Cc1ccc(N)cc1.Cl. The first kappa shape index (κ1) is 17.5. The summed E-state index contributed by atoms with van der Waals surface area (Å²) in [5, 5.41) is 2.04. The lowest BCUT2D eigenvalue weighted by Gasteiger charge is -2.26. The van der Waals surface area contributed by atoms with E-state index in [1.54, 1.807) is 11.3 Å². The summed E-state index contributed by atoms with van der Waals surface area (Å²) in [7, 11) is 0. The Morgan fingerprint density at radius 3 is 2.43 bits per heavy atom. The van der Waals surface area contributed by atoms with E-state index in [2.05, 4.69) is 19.9 Å². The third-order valence-corrected chi connectivity index (χ3v) is 4.05. The van der Waals surface area contributed by atoms with E-state index >= 15 is 0 Å². The number of nitrogen functional groups attached to an aromatic ring is 1. The Morgan fingerprint density at radius 1 is 1.24 bits per heavy atom. The van der Waals surface area contributed by atoms with Crippen LogP contribution in [-0.2, 0) is 17.8 Å². The van der Waals surface area contributed by atoms with Gasteiger partial charge in [0, 0.05) is 16.6 Å². The molecule has 0 spiro atoms. The summed E-state index contributed by atoms with van der Waals surface area (Å²) in [6.07, 6.45) is 0.420. The molecule has 1 heterocycles. The fourth-order valence-corrected chi connectivity index (χ4v) is 2.74. The summed E-state index contributed by atoms with van der Waals surface area (Å²) >= 11 is 1.68. The number of nitrogens with two attached hydrogens (primary N) is 1. The van der Waals surface area contributed by atoms with Crippen LogP contribution in [0.25, 0.3) is 0 Å². The van der Waals surface area contributed by atoms with Gasteiger partial charge in [-0.25, -0.2) is 0 Å². The molecule has 1 aromatic heterocycles. The number of rotatable bonds is 5. The maximum atomic E-state index is 12.5. The highest BCUT2D eigenvalue weighted by molar-refractivity contribution is 7.09. The van der Waals surface area contributed by atoms with Crippen LogP contribution in [0.4, 0.5) is 5.69 Å². The topological polar surface area (TPSA) is 46.3 Å². The Morgan fingerprint density at radius 2 is 1.90 bits per heavy atom. The normalized spacial score (nSPS) is 10.2. The highest BCUT2D eigenvalue weighted by atomic mass is 35.5. The Labute approximate surface area is 136 Å². The van der Waals surface area contributed by atoms with E-state index in [0.29, 0.717) is 13.0 Å². The number of halogens is 1. The van der Waals surface area contributed by atoms with E-state index in [9.17, 15) is 4.79 Å². The third-order valence-electron chi connectivity index (χ3n) is 3.19. The first-order valence-corrected chi connectivity index (χ1v) is 7.60. The van der Waals surface area contributed by atoms with Crippen molar-refractivity contribution >= 4 is 35.3 Å². The Kier molecular flexibility index (Phi) is 6.72. The van der Waals surface area contributed by atoms with E-state index in [-0.39, 0.29) is 24.4 Å². The molecule has 0 fully saturated rings. The lowest BCUT2D eigenvalue weighted by molar-refractivity contribution is -0.132. The number of nitrogens with zero attached hydrogens (tertiary/aromatic N) is 1. The van der Waals surface area contributed by atoms with Crippen LogP contribution in [0.2, 0.25) is 0 Å². The standard InChI is InChI=1S/C16H20N2OS.ClH/c1-12(2)18(11-15-4-3-9-20-15)16(19)10-13-5-7-14(17)8-6-13;/h3-9,12H,10-11,17H2,1-2H3;1H. The van der Waals surface area contributed by atoms with Gasteiger partial charge in [-0.2, -0.15) is 0 Å². The van der Waals surface area contributed by atoms with Crippen LogP contribution in [0.5, 0.6) is 0 Å². The van der Waals surface area contributed by atoms with Crippen LogP contribution < -0.4 is 5.73 Å². The molecule has 0 bridgehead atoms. The van der Waals surface area contributed by atoms with Gasteiger partial charge in [-0.1, -0.05) is 18.2 Å². The minimum Gasteiger partial charge on any atom is -0.399 e. The van der Waals surface area contributed by atoms with Crippen LogP contribution in [0.15, 0.2) is 41.8 Å². The lowest BCUT2D eigenvalue weighted by atomic mass is 10.1. The predicted molar refractivity (Wildman–Crippen MR) is 91.8 cm³/mol. The van der Waals surface area contributed by atoms with Gasteiger partial charge in [-0.15, -0.1) is 23.7 Å². The molecule has 0 saturated carbocycles. The molecule has 0 aliphatic rings. The molecular weight excluding hydrogens is 304 g/mol. The van der Waals surface area contributed by atoms with Gasteiger partial charge in [0.1, 0.15) is 0 Å². The molecule has 0 saturated heterocycles. The van der Waals surface area contributed by atoms with Gasteiger partial charge in [0.15, 0.2) is 0 Å². The van der Waals surface area contributed by atoms with Gasteiger partial charge in [0.2, 0.25) is 5.91 Å². The fraction of sp³-hybridized carbons (Fsp3) is 0.312. The number of hydrogen-bond donors (Lipinski definition) is 1. The van der Waals surface area contributed by atoms with Crippen LogP contribution in [0.1, 0.15) is 24.3 Å². The molecular formula is C16H21ClN2OS. The minimum atomic E-state index is 0. The zero-order valence-corrected chi connectivity index (χ0v) is 13.9. The summed E-state index contributed by atoms with van der Waals surface area (Å²) in [5.41, 5.74) is 7.39. The molecule has 0 aliphatic carbocycles. The minimum absolute atomic E-state index is 0. The van der Waals surface area contributed by atoms with E-state index in [1.807, 2.05) is 40.6 Å². The van der Waals surface area contributed by atoms with Gasteiger partial charge in [0.25, 0.3) is 0 Å². The molecule has 5 heteroatoms. The summed E-state index contributed by atoms with van der Waals surface area (Å²) in [4.78, 5) is 15.6. The second-order valence-electron chi connectivity index (χ2n) is 5.11. The smallest absolute Gasteiger partial charge is 0.227 e. The van der Waals surface area contributed by atoms with E-state index in [1.165, 1.54) is 4.88 Å². The highest BCUT2D eigenvalue weighted by Crippen LogP contribution is 2.16. The van der Waals surface area contributed by atoms with Gasteiger partial charge in [0.05, 0.1) is 13.0 Å². The molecule has 2 rings (SSSR count). The zero-order chi connectivity index (χ0) is 14.5. The predicted octanol–water partition coefficient (Wildman–Crippen LogP) is 3.73. The lowest BCUT2D eigenvalue weighted by Crippen LogP contribution is -2.37. The van der Waals surface area contributed by atoms with Crippen LogP contribution in [0.3, 0.4) is 0 Å². The van der Waals surface area contributed by atoms with Crippen molar-refractivity contribution in [1.29, 1.82) is 0 Å². The number of anilines is 1. The van der Waals surface area contributed by atoms with Crippen LogP contribution in [-0.4, -0.2) is 16.8 Å². The molecule has 0 aliphatic heterocycles. The average molecular weight is 325 g/mol. The first-order valence-electron chi connectivity index (χ1n) is 6.72. The molecule has 3 nitrogen and oxygen atoms in total. The van der Waals surface area contributed by atoms with Crippen molar-refractivity contribution in [2.75, 3.05) is 5.73 Å². The number of thiophene rings is 1. The Bertz CT molecular complexity index is 552. The molecule has 0 radical (unpaired) electrons. The number of hydrogen-bond acceptors (Lipinski definition) is 3. The maximum Gasteiger partial charge on any atom is 0.227 e. The van der Waals surface area contributed by atoms with E-state index in [4.69, 9.17) is 5.73 Å². The Hall–Kier alpha value is -1.52. The molecule has 1 aromatic carbocycles. The van der Waals surface area contributed by atoms with Crippen molar-refractivity contribution in [3.8, 4) is 0 Å². The second-order valence-corrected chi connectivity index (χ2v) is 6.15. The summed E-state index contributed by atoms with van der Waals surface area (Å²) in [6.45, 7) is 4.78. The van der Waals surface area contributed by atoms with Crippen molar-refractivity contribution in [3.63, 3.8) is 0 Å². The number of carbonyl (C=O) groups is 1. The van der Waals surface area contributed by atoms with Crippen molar-refractivity contribution in [2.24, 2.45) is 0 Å². The van der Waals surface area contributed by atoms with E-state index < -0.39 is 0 Å². The van der Waals surface area contributed by atoms with Crippen LogP contribution >= 0.6 is 23.7 Å². The van der Waals surface area contributed by atoms with Crippen LogP contribution in [0, 0.1) is 0 Å². The van der Waals surface area contributed by atoms with E-state index in [0.717, 1.165) is 11.3 Å². The fourth-order valence-electron chi connectivity index (χ4n) is 2.04. The number of carbonyl (C=O) groups excluding carboxylic acids is 1. The van der Waals surface area contributed by atoms with Gasteiger partial charge in [-0.05, 0) is 43.0 Å². The van der Waals surface area contributed by atoms with Gasteiger partial charge in [-0.3, -0.25) is 4.79 Å². The highest BCUT2D eigenvalue weighted by Gasteiger charge is 2.18. The van der Waals surface area contributed by atoms with Crippen molar-refractivity contribution in [3.05, 3.63) is 52.2 Å². The molecule has 0 atom stereocenters. The number of benzene rings is 1. The number of amides is 1. The quantitative estimate of drug-likeness (QED) is 0.852. The van der Waals surface area contributed by atoms with Crippen molar-refractivity contribution in [1.82, 2.24) is 4.90 Å². The van der Waals surface area contributed by atoms with Crippen molar-refractivity contribution in [2.45, 2.75) is 32.9 Å². The maximum absolute atomic E-state index is 12.5. The molecule has 2 N–H and O–H groups in total. The summed E-state index contributed by atoms with van der Waals surface area (Å²) in [6, 6.07) is 11.8. The summed E-state index contributed by atoms with van der Waals surface area (Å²) in [5.74, 6) is 0.151. The molecule has 1 amide bonds. The zero-order valence-electron chi connectivity index (χ0n) is 12.3. The average Bonchev–Trinajstić information content (AvgIpc) is 2.91. The second kappa shape index (κ2) is 8.05. The van der Waals surface area contributed by atoms with Gasteiger partial charge < -0.3 is 10.6 Å². The van der Waals surface area contributed by atoms with Crippen molar-refractivity contribution < 1.29 is 4.79 Å². The molecule has 0 unspecified atom stereocenters. The largest absolute Gasteiger partial charge is 0.399 e. The summed E-state index contributed by atoms with van der Waals surface area (Å²) < 4.78 is 0. The Balaban J connectivity index is 0.00000220. The molecule has 114 valence electrons. The molecule has 2 aromatic rings. The monoisotopic (exact) mass is 324 g/mol. The third kappa shape index (κ3) is 5.06. The molecule has 21 heavy (non-hydrogen) atoms.